The van der Waals surface area contributed by atoms with Crippen LogP contribution in [0.2, 0.25) is 0 Å². The maximum Gasteiger partial charge on any atom is 0.442 e. The van der Waals surface area contributed by atoms with E-state index in [-0.39, 0.29) is 5.56 Å². The Labute approximate surface area is 138 Å². The Morgan fingerprint density at radius 2 is 1.68 bits per heavy atom. The molecule has 0 spiro atoms. The van der Waals surface area contributed by atoms with Crippen molar-refractivity contribution < 1.29 is 39.9 Å². The van der Waals surface area contributed by atoms with Gasteiger partial charge in [-0.2, -0.15) is 13.2 Å². The van der Waals surface area contributed by atoms with Gasteiger partial charge >= 0.3 is 6.18 Å². The van der Waals surface area contributed by atoms with Crippen molar-refractivity contribution in [1.29, 1.82) is 0 Å². The second-order valence-electron chi connectivity index (χ2n) is 6.03. The van der Waals surface area contributed by atoms with Crippen molar-refractivity contribution in [3.05, 3.63) is 41.7 Å². The Balaban J connectivity index is 2.42. The predicted octanol–water partition coefficient (Wildman–Crippen LogP) is 5.36. The van der Waals surface area contributed by atoms with Crippen LogP contribution in [-0.2, 0) is 6.42 Å². The highest BCUT2D eigenvalue weighted by atomic mass is 19.4. The summed E-state index contributed by atoms with van der Waals surface area (Å²) in [5.41, 5.74) is -10.3. The molecule has 2 rings (SSSR count). The number of rotatable bonds is 5. The molecular formula is C16H14F8O. The molecule has 3 atom stereocenters. The van der Waals surface area contributed by atoms with Crippen LogP contribution >= 0.6 is 0 Å². The summed E-state index contributed by atoms with van der Waals surface area (Å²) in [5, 5.41) is 0. The van der Waals surface area contributed by atoms with E-state index in [1.54, 1.807) is 0 Å². The Morgan fingerprint density at radius 1 is 1.16 bits per heavy atom. The van der Waals surface area contributed by atoms with Crippen LogP contribution in [0, 0.1) is 5.41 Å². The van der Waals surface area contributed by atoms with Gasteiger partial charge < -0.3 is 4.74 Å². The minimum Gasteiger partial charge on any atom is -0.497 e. The molecule has 0 N–H and O–H groups in total. The zero-order valence-electron chi connectivity index (χ0n) is 13.1. The Hall–Kier alpha value is -1.80. The number of benzene rings is 1. The van der Waals surface area contributed by atoms with Crippen molar-refractivity contribution in [3.63, 3.8) is 0 Å². The molecule has 0 aromatic heterocycles. The molecule has 1 fully saturated rings. The number of hydrogen-bond donors (Lipinski definition) is 0. The molecule has 0 radical (unpaired) electrons. The van der Waals surface area contributed by atoms with Crippen LogP contribution in [0.4, 0.5) is 35.1 Å². The number of alkyl halides is 7. The second kappa shape index (κ2) is 5.88. The predicted molar refractivity (Wildman–Crippen MR) is 73.7 cm³/mol. The first-order valence-electron chi connectivity index (χ1n) is 7.08. The fourth-order valence-electron chi connectivity index (χ4n) is 2.95. The lowest BCUT2D eigenvalue weighted by molar-refractivity contribution is -0.110. The molecule has 25 heavy (non-hydrogen) atoms. The highest BCUT2D eigenvalue weighted by Gasteiger charge is 2.91. The summed E-state index contributed by atoms with van der Waals surface area (Å²) in [5.74, 6) is -2.59. The highest BCUT2D eigenvalue weighted by Crippen LogP contribution is 2.74. The molecule has 0 amide bonds. The molecule has 0 bridgehead atoms. The molecule has 1 nitrogen and oxygen atoms in total. The maximum atomic E-state index is 15.0. The van der Waals surface area contributed by atoms with Gasteiger partial charge in [-0.1, -0.05) is 12.1 Å². The number of hydrogen-bond acceptors (Lipinski definition) is 1. The third-order valence-electron chi connectivity index (χ3n) is 4.73. The van der Waals surface area contributed by atoms with Crippen molar-refractivity contribution in [2.45, 2.75) is 37.3 Å². The van der Waals surface area contributed by atoms with Crippen LogP contribution in [0.5, 0.6) is 5.75 Å². The van der Waals surface area contributed by atoms with Gasteiger partial charge in [-0.3, -0.25) is 0 Å². The number of halogens is 8. The van der Waals surface area contributed by atoms with Crippen LogP contribution in [0.1, 0.15) is 12.5 Å². The van der Waals surface area contributed by atoms with E-state index in [1.165, 1.54) is 31.4 Å². The van der Waals surface area contributed by atoms with Gasteiger partial charge in [0.1, 0.15) is 11.2 Å². The molecule has 9 heteroatoms. The van der Waals surface area contributed by atoms with Crippen LogP contribution in [-0.4, -0.2) is 31.0 Å². The van der Waals surface area contributed by atoms with Gasteiger partial charge in [-0.05, 0) is 30.7 Å². The van der Waals surface area contributed by atoms with Crippen molar-refractivity contribution in [2.75, 3.05) is 7.11 Å². The number of ether oxygens (including phenoxy) is 1. The fraction of sp³-hybridized carbons (Fsp3) is 0.500. The van der Waals surface area contributed by atoms with Crippen LogP contribution < -0.4 is 4.74 Å². The zero-order valence-corrected chi connectivity index (χ0v) is 13.1. The summed E-state index contributed by atoms with van der Waals surface area (Å²) < 4.78 is 111. The molecule has 0 aliphatic heterocycles. The SMILES string of the molecule is COc1ccc(CC2(F)C(F)(C=C(F)C(F)(F)F)C2(C)C(F)F)cc1. The van der Waals surface area contributed by atoms with Crippen LogP contribution in [0.25, 0.3) is 0 Å². The first-order chi connectivity index (χ1) is 11.3. The standard InChI is InChI=1S/C16H14F8O/c1-13(12(18)19)14(20,7-9-3-5-10(25-2)6-4-9)15(13,21)8-11(17)16(22,23)24/h3-6,8,12H,7H2,1-2H3. The maximum absolute atomic E-state index is 15.0. The minimum atomic E-state index is -5.59. The van der Waals surface area contributed by atoms with E-state index in [9.17, 15) is 30.7 Å². The Kier molecular flexibility index (Phi) is 4.59. The third kappa shape index (κ3) is 2.77. The first-order valence-corrected chi connectivity index (χ1v) is 7.08. The molecule has 1 aliphatic carbocycles. The van der Waals surface area contributed by atoms with Crippen LogP contribution in [0.3, 0.4) is 0 Å². The molecule has 0 heterocycles. The van der Waals surface area contributed by atoms with E-state index < -0.39 is 47.7 Å². The number of allylic oxidation sites excluding steroid dienone is 2. The lowest BCUT2D eigenvalue weighted by Crippen LogP contribution is -2.22. The monoisotopic (exact) mass is 374 g/mol. The molecule has 0 saturated heterocycles. The van der Waals surface area contributed by atoms with Gasteiger partial charge in [0.25, 0.3) is 6.43 Å². The molecule has 3 unspecified atom stereocenters. The van der Waals surface area contributed by atoms with Gasteiger partial charge in [0.05, 0.1) is 7.11 Å². The molecule has 1 aliphatic rings. The summed E-state index contributed by atoms with van der Waals surface area (Å²) in [6.07, 6.45) is -10.9. The van der Waals surface area contributed by atoms with E-state index in [4.69, 9.17) is 4.74 Å². The average molecular weight is 374 g/mol. The van der Waals surface area contributed by atoms with Gasteiger partial charge in [-0.25, -0.2) is 22.0 Å². The van der Waals surface area contributed by atoms with Crippen LogP contribution in [0.15, 0.2) is 36.2 Å². The minimum absolute atomic E-state index is 0.0514. The largest absolute Gasteiger partial charge is 0.497 e. The summed E-state index contributed by atoms with van der Waals surface area (Å²) in [4.78, 5) is 0. The molecule has 1 aromatic rings. The van der Waals surface area contributed by atoms with Gasteiger partial charge in [0.15, 0.2) is 11.3 Å². The highest BCUT2D eigenvalue weighted by molar-refractivity contribution is 5.45. The zero-order chi connectivity index (χ0) is 19.3. The topological polar surface area (TPSA) is 9.23 Å². The summed E-state index contributed by atoms with van der Waals surface area (Å²) in [6, 6.07) is 5.23. The Bertz CT molecular complexity index is 668. The first kappa shape index (κ1) is 19.5. The van der Waals surface area contributed by atoms with E-state index in [0.717, 1.165) is 0 Å². The normalized spacial score (nSPS) is 32.8. The molecule has 1 aromatic carbocycles. The van der Waals surface area contributed by atoms with E-state index in [2.05, 4.69) is 0 Å². The Morgan fingerprint density at radius 3 is 2.08 bits per heavy atom. The van der Waals surface area contributed by atoms with E-state index in [0.29, 0.717) is 12.7 Å². The van der Waals surface area contributed by atoms with Crippen molar-refractivity contribution in [3.8, 4) is 5.75 Å². The lowest BCUT2D eigenvalue weighted by Gasteiger charge is -2.13. The lowest BCUT2D eigenvalue weighted by atomic mass is 9.99. The average Bonchev–Trinajstić information content (AvgIpc) is 2.89. The number of methoxy groups -OCH3 is 1. The smallest absolute Gasteiger partial charge is 0.442 e. The van der Waals surface area contributed by atoms with E-state index in [1.807, 2.05) is 0 Å². The molecule has 140 valence electrons. The fourth-order valence-corrected chi connectivity index (χ4v) is 2.95. The molecule has 1 saturated carbocycles. The second-order valence-corrected chi connectivity index (χ2v) is 6.03. The van der Waals surface area contributed by atoms with Gasteiger partial charge in [0, 0.05) is 6.42 Å². The van der Waals surface area contributed by atoms with Crippen molar-refractivity contribution in [1.82, 2.24) is 0 Å². The summed E-state index contributed by atoms with van der Waals surface area (Å²) >= 11 is 0. The van der Waals surface area contributed by atoms with Crippen molar-refractivity contribution >= 4 is 0 Å². The summed E-state index contributed by atoms with van der Waals surface area (Å²) in [7, 11) is 1.34. The quantitative estimate of drug-likeness (QED) is 0.631. The third-order valence-corrected chi connectivity index (χ3v) is 4.73. The van der Waals surface area contributed by atoms with Crippen molar-refractivity contribution in [2.24, 2.45) is 5.41 Å². The van der Waals surface area contributed by atoms with E-state index >= 15 is 4.39 Å². The molecular weight excluding hydrogens is 360 g/mol. The van der Waals surface area contributed by atoms with Gasteiger partial charge in [-0.15, -0.1) is 0 Å². The van der Waals surface area contributed by atoms with Gasteiger partial charge in [0.2, 0.25) is 5.83 Å². The summed E-state index contributed by atoms with van der Waals surface area (Å²) in [6.45, 7) is 0.460.